The summed E-state index contributed by atoms with van der Waals surface area (Å²) < 4.78 is 0. The molecule has 2 aliphatic rings. The van der Waals surface area contributed by atoms with Crippen molar-refractivity contribution in [1.29, 1.82) is 0 Å². The van der Waals surface area contributed by atoms with E-state index in [0.717, 1.165) is 32.7 Å². The number of piperazine rings is 1. The van der Waals surface area contributed by atoms with E-state index in [1.165, 1.54) is 5.70 Å². The van der Waals surface area contributed by atoms with Gasteiger partial charge in [-0.25, -0.2) is 0 Å². The third-order valence-electron chi connectivity index (χ3n) is 2.28. The van der Waals surface area contributed by atoms with Crippen LogP contribution in [0, 0.1) is 0 Å². The second-order valence-corrected chi connectivity index (χ2v) is 3.11. The van der Waals surface area contributed by atoms with Crippen molar-refractivity contribution >= 4 is 0 Å². The van der Waals surface area contributed by atoms with Crippen LogP contribution in [-0.4, -0.2) is 37.6 Å². The van der Waals surface area contributed by atoms with Gasteiger partial charge in [0.1, 0.15) is 0 Å². The van der Waals surface area contributed by atoms with E-state index in [1.807, 2.05) is 6.20 Å². The van der Waals surface area contributed by atoms with Gasteiger partial charge in [-0.15, -0.1) is 0 Å². The summed E-state index contributed by atoms with van der Waals surface area (Å²) in [6.45, 7) is 5.46. The van der Waals surface area contributed by atoms with Crippen molar-refractivity contribution in [2.45, 2.75) is 0 Å². The molecule has 0 unspecified atom stereocenters. The largest absolute Gasteiger partial charge is 0.387 e. The Labute approximate surface area is 73.1 Å². The summed E-state index contributed by atoms with van der Waals surface area (Å²) in [6, 6.07) is 0. The minimum absolute atomic E-state index is 0.968. The number of hydrogen-bond acceptors (Lipinski definition) is 3. The summed E-state index contributed by atoms with van der Waals surface area (Å²) in [5, 5.41) is 6.50. The smallest absolute Gasteiger partial charge is 0.0358 e. The summed E-state index contributed by atoms with van der Waals surface area (Å²) >= 11 is 0. The van der Waals surface area contributed by atoms with Crippen molar-refractivity contribution in [3.8, 4) is 0 Å². The van der Waals surface area contributed by atoms with Crippen molar-refractivity contribution in [3.63, 3.8) is 0 Å². The zero-order valence-corrected chi connectivity index (χ0v) is 7.21. The van der Waals surface area contributed by atoms with E-state index < -0.39 is 0 Å². The molecule has 0 bridgehead atoms. The maximum atomic E-state index is 3.35. The number of rotatable bonds is 1. The second kappa shape index (κ2) is 3.63. The van der Waals surface area contributed by atoms with Gasteiger partial charge in [0.25, 0.3) is 0 Å². The fourth-order valence-corrected chi connectivity index (χ4v) is 1.60. The van der Waals surface area contributed by atoms with Crippen molar-refractivity contribution in [2.24, 2.45) is 0 Å². The van der Waals surface area contributed by atoms with Crippen molar-refractivity contribution < 1.29 is 0 Å². The van der Waals surface area contributed by atoms with Crippen molar-refractivity contribution in [2.75, 3.05) is 32.7 Å². The molecule has 1 saturated heterocycles. The molecule has 0 saturated carbocycles. The standard InChI is InChI=1S/C9H15N3/c1-3-10-4-2-9(1)12-7-5-11-6-8-12/h1-3,10-11H,4-8H2. The molecule has 2 N–H and O–H groups in total. The van der Waals surface area contributed by atoms with Gasteiger partial charge >= 0.3 is 0 Å². The summed E-state index contributed by atoms with van der Waals surface area (Å²) in [4.78, 5) is 2.42. The monoisotopic (exact) mass is 165 g/mol. The van der Waals surface area contributed by atoms with Gasteiger partial charge in [0.15, 0.2) is 0 Å². The first-order valence-corrected chi connectivity index (χ1v) is 4.52. The molecule has 0 atom stereocenters. The average Bonchev–Trinajstić information content (AvgIpc) is 2.21. The van der Waals surface area contributed by atoms with Crippen LogP contribution in [0.25, 0.3) is 0 Å². The Morgan fingerprint density at radius 3 is 2.75 bits per heavy atom. The lowest BCUT2D eigenvalue weighted by atomic mass is 10.2. The zero-order valence-electron chi connectivity index (χ0n) is 7.21. The number of allylic oxidation sites excluding steroid dienone is 1. The number of hydrogen-bond donors (Lipinski definition) is 2. The molecule has 0 aliphatic carbocycles. The van der Waals surface area contributed by atoms with E-state index in [-0.39, 0.29) is 0 Å². The predicted octanol–water partition coefficient (Wildman–Crippen LogP) is -0.108. The quantitative estimate of drug-likeness (QED) is 0.568. The van der Waals surface area contributed by atoms with Crippen LogP contribution < -0.4 is 10.6 Å². The Morgan fingerprint density at radius 2 is 2.08 bits per heavy atom. The van der Waals surface area contributed by atoms with Crippen LogP contribution in [0.5, 0.6) is 0 Å². The van der Waals surface area contributed by atoms with E-state index in [4.69, 9.17) is 0 Å². The van der Waals surface area contributed by atoms with Crippen LogP contribution in [0.15, 0.2) is 24.0 Å². The molecule has 3 heteroatoms. The van der Waals surface area contributed by atoms with Crippen LogP contribution in [0.2, 0.25) is 0 Å². The molecule has 66 valence electrons. The lowest BCUT2D eigenvalue weighted by Gasteiger charge is -2.31. The maximum absolute atomic E-state index is 3.35. The SMILES string of the molecule is C1=CC(N2CCNCC2)=CCN1. The molecular formula is C9H15N3. The second-order valence-electron chi connectivity index (χ2n) is 3.11. The fourth-order valence-electron chi connectivity index (χ4n) is 1.60. The highest BCUT2D eigenvalue weighted by molar-refractivity contribution is 5.21. The molecular weight excluding hydrogens is 150 g/mol. The average molecular weight is 165 g/mol. The molecule has 0 aromatic carbocycles. The molecule has 3 nitrogen and oxygen atoms in total. The van der Waals surface area contributed by atoms with Gasteiger partial charge in [0, 0.05) is 38.4 Å². The highest BCUT2D eigenvalue weighted by Crippen LogP contribution is 2.08. The molecule has 0 amide bonds. The number of nitrogens with one attached hydrogen (secondary N) is 2. The lowest BCUT2D eigenvalue weighted by Crippen LogP contribution is -2.43. The minimum Gasteiger partial charge on any atom is -0.387 e. The summed E-state index contributed by atoms with van der Waals surface area (Å²) in [5.41, 5.74) is 1.37. The van der Waals surface area contributed by atoms with E-state index in [1.54, 1.807) is 0 Å². The summed E-state index contributed by atoms with van der Waals surface area (Å²) in [5.74, 6) is 0. The third-order valence-corrected chi connectivity index (χ3v) is 2.28. The molecule has 2 rings (SSSR count). The van der Waals surface area contributed by atoms with Crippen LogP contribution in [0.1, 0.15) is 0 Å². The Kier molecular flexibility index (Phi) is 2.32. The van der Waals surface area contributed by atoms with E-state index >= 15 is 0 Å². The Balaban J connectivity index is 1.97. The first kappa shape index (κ1) is 7.68. The Bertz CT molecular complexity index is 202. The van der Waals surface area contributed by atoms with Crippen LogP contribution in [-0.2, 0) is 0 Å². The fraction of sp³-hybridized carbons (Fsp3) is 0.556. The predicted molar refractivity (Wildman–Crippen MR) is 49.7 cm³/mol. The maximum Gasteiger partial charge on any atom is 0.0358 e. The van der Waals surface area contributed by atoms with Gasteiger partial charge in [-0.3, -0.25) is 0 Å². The minimum atomic E-state index is 0.968. The van der Waals surface area contributed by atoms with E-state index in [9.17, 15) is 0 Å². The highest BCUT2D eigenvalue weighted by atomic mass is 15.2. The zero-order chi connectivity index (χ0) is 8.23. The van der Waals surface area contributed by atoms with E-state index in [0.29, 0.717) is 0 Å². The lowest BCUT2D eigenvalue weighted by molar-refractivity contribution is 0.305. The molecule has 0 aromatic rings. The van der Waals surface area contributed by atoms with Crippen LogP contribution in [0.3, 0.4) is 0 Å². The van der Waals surface area contributed by atoms with E-state index in [2.05, 4.69) is 27.7 Å². The topological polar surface area (TPSA) is 27.3 Å². The molecule has 0 spiro atoms. The highest BCUT2D eigenvalue weighted by Gasteiger charge is 2.11. The van der Waals surface area contributed by atoms with Crippen molar-refractivity contribution in [3.05, 3.63) is 24.0 Å². The molecule has 2 aliphatic heterocycles. The number of nitrogens with zero attached hydrogens (tertiary/aromatic N) is 1. The normalized spacial score (nSPS) is 23.3. The molecule has 0 aromatic heterocycles. The first-order chi connectivity index (χ1) is 5.97. The van der Waals surface area contributed by atoms with Gasteiger partial charge in [-0.2, -0.15) is 0 Å². The van der Waals surface area contributed by atoms with Gasteiger partial charge in [0.05, 0.1) is 0 Å². The van der Waals surface area contributed by atoms with Gasteiger partial charge in [-0.05, 0) is 18.4 Å². The molecule has 1 fully saturated rings. The number of dihydropyridines is 1. The third kappa shape index (κ3) is 1.61. The molecule has 2 heterocycles. The summed E-state index contributed by atoms with van der Waals surface area (Å²) in [6.07, 6.45) is 6.41. The Morgan fingerprint density at radius 1 is 1.25 bits per heavy atom. The van der Waals surface area contributed by atoms with Gasteiger partial charge in [-0.1, -0.05) is 0 Å². The Hall–Kier alpha value is -0.960. The van der Waals surface area contributed by atoms with Gasteiger partial charge < -0.3 is 15.5 Å². The molecule has 12 heavy (non-hydrogen) atoms. The molecule has 0 radical (unpaired) electrons. The van der Waals surface area contributed by atoms with Crippen molar-refractivity contribution in [1.82, 2.24) is 15.5 Å². The summed E-state index contributed by atoms with van der Waals surface area (Å²) in [7, 11) is 0. The van der Waals surface area contributed by atoms with Gasteiger partial charge in [0.2, 0.25) is 0 Å². The van der Waals surface area contributed by atoms with Crippen LogP contribution >= 0.6 is 0 Å². The van der Waals surface area contributed by atoms with Crippen LogP contribution in [0.4, 0.5) is 0 Å². The first-order valence-electron chi connectivity index (χ1n) is 4.52.